The molecule has 18 nitrogen and oxygen atoms in total. The molecular weight excluding hydrogens is 1340 g/mol. The topological polar surface area (TPSA) is 220 Å². The Labute approximate surface area is 640 Å². The number of nitrogens with zero attached hydrogens (tertiary/aromatic N) is 12. The Bertz CT molecular complexity index is 4030. The van der Waals surface area contributed by atoms with Gasteiger partial charge in [-0.2, -0.15) is 5.26 Å². The number of carbonyl (C=O) groups is 1. The minimum Gasteiger partial charge on any atom is -1.00 e. The van der Waals surface area contributed by atoms with E-state index < -0.39 is 0 Å². The van der Waals surface area contributed by atoms with Gasteiger partial charge in [0, 0.05) is 105 Å². The standard InChI is InChI=1S/C24H24N6O2.C17H16N2O.C10H10N2O.C9H11O.C8H5BrN2.C4H8O.B.3FH.K.Na.H/c25-12-17-4-7-22(28-13-17)30-19-5-6-20(30)15-29(14-19)23(31)16-32-11-8-18-2-1-3-21-24(18)27-10-9-26-21;1-2-5-14(6-3-1)13-20-12-9-15-7-4-8-16-17(15)19-11-10-18-16;13-7-4-8-2-1-3-9-10(8)12-6-5-11-9;1-2-10-8-9-6-4-3-5-7-9;9-6-2-1-3-7-8(6)11-5-4-10-7;1-2-4-5-3-1;;;;;;;/h1-4,7,9-10,13,19-20H,5-6,8,11,14-16H2;1-8,10-11H,9,12-13H2;1-3,5-6,13H,4,7H2;3-7H,1-2,8H2;1-5H;1-4H2;;3*1H;;;/q;;;-1;;;-1;;;;2*+1;-1/p-3. The van der Waals surface area contributed by atoms with Gasteiger partial charge in [0.1, 0.15) is 24.0 Å². The first kappa shape index (κ1) is 84.6. The van der Waals surface area contributed by atoms with Crippen molar-refractivity contribution in [1.29, 1.82) is 5.26 Å². The van der Waals surface area contributed by atoms with E-state index in [1.54, 1.807) is 61.8 Å². The van der Waals surface area contributed by atoms with Crippen molar-refractivity contribution < 1.29 is 125 Å². The molecule has 5 aromatic heterocycles. The van der Waals surface area contributed by atoms with Crippen molar-refractivity contribution in [2.75, 3.05) is 64.2 Å². The molecular formula is C72H75BBrF3KN12NaO6-4. The molecule has 14 rings (SSSR count). The second kappa shape index (κ2) is 47.4. The average Bonchev–Trinajstić information content (AvgIpc) is 1.61. The van der Waals surface area contributed by atoms with Gasteiger partial charge in [0.15, 0.2) is 0 Å². The van der Waals surface area contributed by atoms with Crippen LogP contribution in [0.1, 0.15) is 60.5 Å². The summed E-state index contributed by atoms with van der Waals surface area (Å²) >= 11 is 3.39. The van der Waals surface area contributed by atoms with Crippen LogP contribution in [0.5, 0.6) is 0 Å². The van der Waals surface area contributed by atoms with Crippen LogP contribution in [-0.4, -0.2) is 141 Å². The van der Waals surface area contributed by atoms with E-state index in [9.17, 15) is 4.79 Å². The normalized spacial score (nSPS) is 13.6. The molecule has 3 aliphatic rings. The first-order valence-corrected chi connectivity index (χ1v) is 31.3. The number of hydrogen-bond acceptors (Lipinski definition) is 17. The van der Waals surface area contributed by atoms with Gasteiger partial charge in [-0.3, -0.25) is 44.7 Å². The van der Waals surface area contributed by atoms with Crippen molar-refractivity contribution in [3.8, 4) is 6.07 Å². The SMILES string of the molecule is Brc1cccc2nccnc12.C1CCOC1.N#Cc1ccc(N2C3CCC2CN(C(=O)COCCc2cccc4nccnc24)C3)nc1.OCCc1cccc2nccnc12.[B-].[CH2-]COCc1ccccc1.[F-].[F-].[F-].[H-].[K+].[Na+].c1ccc(COCCc2cccc3nccnc23)cc1. The quantitative estimate of drug-likeness (QED) is 0.0575. The number of amides is 1. The first-order chi connectivity index (χ1) is 44.9. The summed E-state index contributed by atoms with van der Waals surface area (Å²) < 4.78 is 22.5. The van der Waals surface area contributed by atoms with Crippen molar-refractivity contribution in [3.05, 3.63) is 246 Å². The zero-order valence-electron chi connectivity index (χ0n) is 55.6. The molecule has 496 valence electrons. The van der Waals surface area contributed by atoms with Crippen LogP contribution in [-0.2, 0) is 56.2 Å². The van der Waals surface area contributed by atoms with Crippen LogP contribution >= 0.6 is 15.9 Å². The fourth-order valence-corrected chi connectivity index (χ4v) is 11.0. The molecule has 1 N–H and O–H groups in total. The average molecular weight is 1410 g/mol. The fourth-order valence-electron chi connectivity index (χ4n) is 10.6. The van der Waals surface area contributed by atoms with E-state index >= 15 is 0 Å². The maximum absolute atomic E-state index is 12.8. The predicted molar refractivity (Wildman–Crippen MR) is 364 cm³/mol. The number of aliphatic hydroxyl groups is 1. The summed E-state index contributed by atoms with van der Waals surface area (Å²) in [6.45, 7) is 10.2. The molecule has 8 heterocycles. The molecule has 1 amide bonds. The van der Waals surface area contributed by atoms with E-state index in [1.165, 1.54) is 29.5 Å². The summed E-state index contributed by atoms with van der Waals surface area (Å²) in [6, 6.07) is 50.3. The molecule has 6 aromatic carbocycles. The van der Waals surface area contributed by atoms with E-state index in [2.05, 4.69) is 96.9 Å². The molecule has 0 saturated carbocycles. The minimum atomic E-state index is 0. The zero-order valence-corrected chi connectivity index (χ0v) is 61.3. The number of aliphatic hydroxyl groups excluding tert-OH is 1. The van der Waals surface area contributed by atoms with Crippen molar-refractivity contribution >= 4 is 80.2 Å². The van der Waals surface area contributed by atoms with E-state index in [4.69, 9.17) is 29.3 Å². The van der Waals surface area contributed by atoms with Gasteiger partial charge in [0.05, 0.1) is 70.6 Å². The molecule has 97 heavy (non-hydrogen) atoms. The maximum atomic E-state index is 12.8. The number of hydrogen-bond donors (Lipinski definition) is 1. The third kappa shape index (κ3) is 26.5. The number of para-hydroxylation sites is 4. The van der Waals surface area contributed by atoms with E-state index in [0.29, 0.717) is 64.5 Å². The fraction of sp³-hybridized carbons (Fsp3) is 0.278. The van der Waals surface area contributed by atoms with Crippen LogP contribution in [0.15, 0.2) is 206 Å². The number of fused-ring (bicyclic) bond motifs is 6. The third-order valence-electron chi connectivity index (χ3n) is 15.0. The first-order valence-electron chi connectivity index (χ1n) is 30.5. The summed E-state index contributed by atoms with van der Waals surface area (Å²) in [7, 11) is 0. The van der Waals surface area contributed by atoms with Crippen molar-refractivity contribution in [2.24, 2.45) is 0 Å². The molecule has 3 saturated heterocycles. The van der Waals surface area contributed by atoms with Gasteiger partial charge in [-0.1, -0.05) is 110 Å². The number of ether oxygens (including phenoxy) is 4. The van der Waals surface area contributed by atoms with Gasteiger partial charge < -0.3 is 64.7 Å². The van der Waals surface area contributed by atoms with E-state index in [0.717, 1.165) is 98.0 Å². The minimum absolute atomic E-state index is 0. The summed E-state index contributed by atoms with van der Waals surface area (Å²) in [5.41, 5.74) is 13.5. The predicted octanol–water partition coefficient (Wildman–Crippen LogP) is -3.13. The number of rotatable bonds is 16. The van der Waals surface area contributed by atoms with Crippen molar-refractivity contribution in [3.63, 3.8) is 0 Å². The number of anilines is 1. The van der Waals surface area contributed by atoms with Gasteiger partial charge in [-0.15, -0.1) is 0 Å². The molecule has 0 spiro atoms. The molecule has 0 aliphatic carbocycles. The molecule has 3 fully saturated rings. The summed E-state index contributed by atoms with van der Waals surface area (Å²) in [4.78, 5) is 55.7. The summed E-state index contributed by atoms with van der Waals surface area (Å²) in [6.07, 6.45) is 22.0. The number of halogens is 4. The van der Waals surface area contributed by atoms with Crippen LogP contribution in [0, 0.1) is 18.3 Å². The monoisotopic (exact) mass is 1410 g/mol. The maximum Gasteiger partial charge on any atom is 1.00 e. The number of benzene rings is 6. The molecule has 2 unspecified atom stereocenters. The summed E-state index contributed by atoms with van der Waals surface area (Å²) in [5.74, 6) is 0.921. The smallest absolute Gasteiger partial charge is 1.00 e. The molecule has 3 aliphatic heterocycles. The molecule has 2 atom stereocenters. The zero-order chi connectivity index (χ0) is 63.1. The van der Waals surface area contributed by atoms with Gasteiger partial charge in [0.2, 0.25) is 5.91 Å². The molecule has 2 bridgehead atoms. The van der Waals surface area contributed by atoms with Crippen LogP contribution < -0.4 is 100.0 Å². The van der Waals surface area contributed by atoms with Crippen molar-refractivity contribution in [1.82, 2.24) is 49.8 Å². The van der Waals surface area contributed by atoms with E-state index in [-0.39, 0.29) is 136 Å². The number of pyridine rings is 1. The number of carbonyl (C=O) groups excluding carboxylic acids is 1. The summed E-state index contributed by atoms with van der Waals surface area (Å²) in [5, 5.41) is 17.8. The third-order valence-corrected chi connectivity index (χ3v) is 15.6. The Morgan fingerprint density at radius 2 is 1.00 bits per heavy atom. The number of likely N-dealkylation sites (tertiary alicyclic amines) is 1. The largest absolute Gasteiger partial charge is 1.00 e. The second-order valence-electron chi connectivity index (χ2n) is 21.2. The van der Waals surface area contributed by atoms with Crippen LogP contribution in [0.3, 0.4) is 0 Å². The molecule has 4 radical (unpaired) electrons. The van der Waals surface area contributed by atoms with Crippen molar-refractivity contribution in [2.45, 2.75) is 70.2 Å². The van der Waals surface area contributed by atoms with Crippen LogP contribution in [0.2, 0.25) is 0 Å². The van der Waals surface area contributed by atoms with Gasteiger partial charge in [0.25, 0.3) is 0 Å². The Morgan fingerprint density at radius 3 is 1.42 bits per heavy atom. The Kier molecular flexibility index (Phi) is 41.3. The van der Waals surface area contributed by atoms with E-state index in [1.807, 2.05) is 126 Å². The Hall–Kier alpha value is -6.64. The van der Waals surface area contributed by atoms with Gasteiger partial charge in [-0.05, 0) is 131 Å². The number of piperazine rings is 1. The molecule has 25 heteroatoms. The molecule has 11 aromatic rings. The van der Waals surface area contributed by atoms with Crippen LogP contribution in [0.4, 0.5) is 5.82 Å². The Balaban J connectivity index is 0.000000428. The Morgan fingerprint density at radius 1 is 0.567 bits per heavy atom. The van der Waals surface area contributed by atoms with Gasteiger partial charge in [-0.25, -0.2) is 4.98 Å². The second-order valence-corrected chi connectivity index (χ2v) is 22.1. The number of nitriles is 1. The number of aromatic nitrogens is 9. The van der Waals surface area contributed by atoms with Crippen LogP contribution in [0.25, 0.3) is 44.1 Å². The van der Waals surface area contributed by atoms with Gasteiger partial charge >= 0.3 is 80.9 Å².